The molecule has 0 saturated heterocycles. The Morgan fingerprint density at radius 3 is 1.88 bits per heavy atom. The molecule has 0 spiro atoms. The zero-order valence-electron chi connectivity index (χ0n) is 13.2. The first-order valence-corrected chi connectivity index (χ1v) is 8.05. The third-order valence-electron chi connectivity index (χ3n) is 4.31. The summed E-state index contributed by atoms with van der Waals surface area (Å²) >= 11 is 0. The zero-order chi connectivity index (χ0) is 16.4. The van der Waals surface area contributed by atoms with Gasteiger partial charge in [-0.25, -0.2) is 0 Å². The highest BCUT2D eigenvalue weighted by Gasteiger charge is 2.42. The molecule has 3 aromatic rings. The van der Waals surface area contributed by atoms with E-state index in [9.17, 15) is 5.21 Å². The van der Waals surface area contributed by atoms with E-state index in [1.165, 1.54) is 0 Å². The summed E-state index contributed by atoms with van der Waals surface area (Å²) in [5.74, 6) is 0. The van der Waals surface area contributed by atoms with Gasteiger partial charge in [-0.2, -0.15) is 4.74 Å². The number of hydroxylamine groups is 1. The zero-order valence-corrected chi connectivity index (χ0v) is 13.2. The fourth-order valence-electron chi connectivity index (χ4n) is 3.16. The number of hydrogen-bond acceptors (Lipinski definition) is 1. The number of nitrogens with zero attached hydrogens (tertiary/aromatic N) is 1. The van der Waals surface area contributed by atoms with Crippen molar-refractivity contribution in [1.29, 1.82) is 0 Å². The van der Waals surface area contributed by atoms with Crippen LogP contribution < -0.4 is 0 Å². The molecule has 3 aromatic carbocycles. The minimum Gasteiger partial charge on any atom is -0.623 e. The van der Waals surface area contributed by atoms with Gasteiger partial charge in [-0.05, 0) is 23.8 Å². The molecular formula is C22H17NO. The topological polar surface area (TPSA) is 26.1 Å². The van der Waals surface area contributed by atoms with E-state index in [0.29, 0.717) is 0 Å². The van der Waals surface area contributed by atoms with Gasteiger partial charge in [0, 0.05) is 11.1 Å². The van der Waals surface area contributed by atoms with Crippen LogP contribution in [0.15, 0.2) is 96.6 Å². The average molecular weight is 311 g/mol. The highest BCUT2D eigenvalue weighted by molar-refractivity contribution is 6.15. The lowest BCUT2D eigenvalue weighted by Gasteiger charge is -2.31. The van der Waals surface area contributed by atoms with Gasteiger partial charge in [-0.3, -0.25) is 0 Å². The molecule has 0 amide bonds. The summed E-state index contributed by atoms with van der Waals surface area (Å²) in [5, 5.41) is 12.8. The molecule has 0 aromatic heterocycles. The van der Waals surface area contributed by atoms with E-state index in [1.54, 1.807) is 0 Å². The van der Waals surface area contributed by atoms with Crippen LogP contribution in [0, 0.1) is 5.21 Å². The van der Waals surface area contributed by atoms with Gasteiger partial charge in [-0.1, -0.05) is 78.9 Å². The smallest absolute Gasteiger partial charge is 0.229 e. The van der Waals surface area contributed by atoms with Crippen LogP contribution in [-0.4, -0.2) is 10.5 Å². The predicted octanol–water partition coefficient (Wildman–Crippen LogP) is 4.82. The van der Waals surface area contributed by atoms with Gasteiger partial charge < -0.3 is 5.21 Å². The molecule has 1 heterocycles. The Labute approximate surface area is 141 Å². The Hall–Kier alpha value is -3.13. The Kier molecular flexibility index (Phi) is 3.72. The molecule has 116 valence electrons. The SMILES string of the molecule is [O-][N+]1=C(c2ccccc2)/C(=C/c2ccccc2)C1c1ccccc1. The first kappa shape index (κ1) is 14.5. The van der Waals surface area contributed by atoms with Crippen molar-refractivity contribution in [2.24, 2.45) is 0 Å². The summed E-state index contributed by atoms with van der Waals surface area (Å²) in [4.78, 5) is 0. The molecular weight excluding hydrogens is 294 g/mol. The van der Waals surface area contributed by atoms with Crippen LogP contribution in [0.4, 0.5) is 0 Å². The fourth-order valence-corrected chi connectivity index (χ4v) is 3.16. The molecule has 24 heavy (non-hydrogen) atoms. The highest BCUT2D eigenvalue weighted by atomic mass is 16.5. The van der Waals surface area contributed by atoms with Crippen molar-refractivity contribution < 1.29 is 4.74 Å². The summed E-state index contributed by atoms with van der Waals surface area (Å²) in [7, 11) is 0. The Bertz CT molecular complexity index is 896. The van der Waals surface area contributed by atoms with Crippen molar-refractivity contribution >= 4 is 11.8 Å². The summed E-state index contributed by atoms with van der Waals surface area (Å²) in [6.07, 6.45) is 2.12. The summed E-state index contributed by atoms with van der Waals surface area (Å²) in [6, 6.07) is 29.7. The van der Waals surface area contributed by atoms with Gasteiger partial charge in [0.15, 0.2) is 0 Å². The van der Waals surface area contributed by atoms with Crippen molar-refractivity contribution in [1.82, 2.24) is 0 Å². The minimum atomic E-state index is -0.249. The van der Waals surface area contributed by atoms with Crippen molar-refractivity contribution in [3.63, 3.8) is 0 Å². The van der Waals surface area contributed by atoms with Crippen LogP contribution in [-0.2, 0) is 0 Å². The van der Waals surface area contributed by atoms with Crippen LogP contribution in [0.5, 0.6) is 0 Å². The van der Waals surface area contributed by atoms with Crippen LogP contribution in [0.3, 0.4) is 0 Å². The summed E-state index contributed by atoms with van der Waals surface area (Å²) in [5.41, 5.74) is 4.91. The monoisotopic (exact) mass is 311 g/mol. The maximum atomic E-state index is 12.8. The van der Waals surface area contributed by atoms with Crippen molar-refractivity contribution in [2.45, 2.75) is 6.04 Å². The summed E-state index contributed by atoms with van der Waals surface area (Å²) < 4.78 is 1.12. The first-order chi connectivity index (χ1) is 11.8. The lowest BCUT2D eigenvalue weighted by Crippen LogP contribution is -2.37. The van der Waals surface area contributed by atoms with E-state index in [4.69, 9.17) is 0 Å². The molecule has 4 rings (SSSR count). The van der Waals surface area contributed by atoms with Crippen LogP contribution >= 0.6 is 0 Å². The lowest BCUT2D eigenvalue weighted by atomic mass is 9.84. The Balaban J connectivity index is 1.85. The minimum absolute atomic E-state index is 0.249. The van der Waals surface area contributed by atoms with E-state index >= 15 is 0 Å². The fraction of sp³-hybridized carbons (Fsp3) is 0.0455. The van der Waals surface area contributed by atoms with Crippen LogP contribution in [0.25, 0.3) is 6.08 Å². The van der Waals surface area contributed by atoms with Gasteiger partial charge >= 0.3 is 0 Å². The molecule has 0 fully saturated rings. The van der Waals surface area contributed by atoms with E-state index in [1.807, 2.05) is 78.9 Å². The molecule has 0 saturated carbocycles. The van der Waals surface area contributed by atoms with Gasteiger partial charge in [0.2, 0.25) is 11.8 Å². The quantitative estimate of drug-likeness (QED) is 0.503. The lowest BCUT2D eigenvalue weighted by molar-refractivity contribution is -0.516. The molecule has 0 bridgehead atoms. The van der Waals surface area contributed by atoms with Gasteiger partial charge in [0.05, 0.1) is 5.57 Å². The van der Waals surface area contributed by atoms with E-state index in [0.717, 1.165) is 32.7 Å². The molecule has 0 radical (unpaired) electrons. The second-order valence-electron chi connectivity index (χ2n) is 5.86. The maximum Gasteiger partial charge on any atom is 0.229 e. The highest BCUT2D eigenvalue weighted by Crippen LogP contribution is 2.38. The van der Waals surface area contributed by atoms with E-state index in [-0.39, 0.29) is 6.04 Å². The molecule has 1 unspecified atom stereocenters. The molecule has 1 aliphatic rings. The number of benzene rings is 3. The van der Waals surface area contributed by atoms with Crippen molar-refractivity contribution in [3.05, 3.63) is 118 Å². The first-order valence-electron chi connectivity index (χ1n) is 8.05. The summed E-state index contributed by atoms with van der Waals surface area (Å²) in [6.45, 7) is 0. The second-order valence-corrected chi connectivity index (χ2v) is 5.86. The number of rotatable bonds is 3. The third-order valence-corrected chi connectivity index (χ3v) is 4.31. The standard InChI is InChI=1S/C22H17NO/c24-23-21(18-12-6-2-7-13-18)20(16-17-10-4-1-5-11-17)22(23)19-14-8-3-9-15-19/h1-16,21H/b20-16+. The molecule has 0 N–H and O–H groups in total. The largest absolute Gasteiger partial charge is 0.623 e. The second kappa shape index (κ2) is 6.17. The molecule has 0 aliphatic carbocycles. The van der Waals surface area contributed by atoms with E-state index < -0.39 is 0 Å². The van der Waals surface area contributed by atoms with Crippen molar-refractivity contribution in [2.75, 3.05) is 0 Å². The molecule has 1 atom stereocenters. The van der Waals surface area contributed by atoms with Crippen LogP contribution in [0.2, 0.25) is 0 Å². The molecule has 2 nitrogen and oxygen atoms in total. The third kappa shape index (κ3) is 2.52. The van der Waals surface area contributed by atoms with Gasteiger partial charge in [-0.15, -0.1) is 0 Å². The Morgan fingerprint density at radius 1 is 0.708 bits per heavy atom. The predicted molar refractivity (Wildman–Crippen MR) is 97.8 cm³/mol. The normalized spacial score (nSPS) is 18.5. The molecule has 2 heteroatoms. The van der Waals surface area contributed by atoms with E-state index in [2.05, 4.69) is 18.2 Å². The average Bonchev–Trinajstić information content (AvgIpc) is 2.64. The maximum absolute atomic E-state index is 12.8. The van der Waals surface area contributed by atoms with Crippen LogP contribution in [0.1, 0.15) is 22.7 Å². The van der Waals surface area contributed by atoms with Gasteiger partial charge in [0.25, 0.3) is 0 Å². The van der Waals surface area contributed by atoms with Crippen molar-refractivity contribution in [3.8, 4) is 0 Å². The van der Waals surface area contributed by atoms with Gasteiger partial charge in [0.1, 0.15) is 0 Å². The Morgan fingerprint density at radius 2 is 1.25 bits per heavy atom. The molecule has 1 aliphatic heterocycles. The number of hydrogen-bond donors (Lipinski definition) is 0.